The first kappa shape index (κ1) is 10.8. The van der Waals surface area contributed by atoms with Crippen LogP contribution in [-0.4, -0.2) is 30.8 Å². The maximum atomic E-state index is 4.46. The topological polar surface area (TPSA) is 3.24 Å². The van der Waals surface area contributed by atoms with Gasteiger partial charge in [0.2, 0.25) is 0 Å². The van der Waals surface area contributed by atoms with Gasteiger partial charge in [0.15, 0.2) is 0 Å². The third-order valence-corrected chi connectivity index (χ3v) is 4.61. The van der Waals surface area contributed by atoms with Crippen molar-refractivity contribution in [3.8, 4) is 0 Å². The van der Waals surface area contributed by atoms with Crippen molar-refractivity contribution in [3.63, 3.8) is 0 Å². The summed E-state index contributed by atoms with van der Waals surface area (Å²) in [4.78, 5) is 2.55. The van der Waals surface area contributed by atoms with Crippen molar-refractivity contribution in [2.45, 2.75) is 38.5 Å². The molecule has 0 atom stereocenters. The SMILES string of the molecule is CN(CC1CCCC1)CC1(CS)CC1. The normalized spacial score (nSPS) is 25.9. The van der Waals surface area contributed by atoms with Crippen LogP contribution >= 0.6 is 12.6 Å². The van der Waals surface area contributed by atoms with Crippen LogP contribution in [-0.2, 0) is 0 Å². The Kier molecular flexibility index (Phi) is 3.43. The summed E-state index contributed by atoms with van der Waals surface area (Å²) in [6.45, 7) is 2.61. The Morgan fingerprint density at radius 2 is 1.93 bits per heavy atom. The van der Waals surface area contributed by atoms with E-state index in [9.17, 15) is 0 Å². The predicted octanol–water partition coefficient (Wildman–Crippen LogP) is 2.82. The number of thiol groups is 1. The molecule has 2 rings (SSSR count). The summed E-state index contributed by atoms with van der Waals surface area (Å²) in [5.41, 5.74) is 0.608. The molecule has 0 aromatic rings. The Morgan fingerprint density at radius 3 is 2.43 bits per heavy atom. The first-order valence-corrected chi connectivity index (χ1v) is 6.67. The molecule has 1 nitrogen and oxygen atoms in total. The molecule has 2 aliphatic rings. The lowest BCUT2D eigenvalue weighted by Gasteiger charge is -2.25. The molecule has 2 fully saturated rings. The molecule has 0 aromatic heterocycles. The summed E-state index contributed by atoms with van der Waals surface area (Å²) in [5.74, 6) is 2.08. The van der Waals surface area contributed by atoms with Crippen LogP contribution < -0.4 is 0 Å². The van der Waals surface area contributed by atoms with Gasteiger partial charge in [-0.15, -0.1) is 0 Å². The molecule has 0 N–H and O–H groups in total. The van der Waals surface area contributed by atoms with Crippen molar-refractivity contribution in [2.24, 2.45) is 11.3 Å². The monoisotopic (exact) mass is 213 g/mol. The van der Waals surface area contributed by atoms with E-state index in [1.54, 1.807) is 0 Å². The summed E-state index contributed by atoms with van der Waals surface area (Å²) < 4.78 is 0. The van der Waals surface area contributed by atoms with Crippen LogP contribution in [0.15, 0.2) is 0 Å². The molecule has 0 aliphatic heterocycles. The van der Waals surface area contributed by atoms with Gasteiger partial charge in [-0.25, -0.2) is 0 Å². The molecule has 14 heavy (non-hydrogen) atoms. The number of nitrogens with zero attached hydrogens (tertiary/aromatic N) is 1. The van der Waals surface area contributed by atoms with E-state index in [4.69, 9.17) is 0 Å². The molecule has 0 radical (unpaired) electrons. The van der Waals surface area contributed by atoms with E-state index < -0.39 is 0 Å². The molecular formula is C12H23NS. The number of rotatable bonds is 5. The van der Waals surface area contributed by atoms with E-state index in [1.807, 2.05) is 0 Å². The van der Waals surface area contributed by atoms with Crippen LogP contribution in [0.3, 0.4) is 0 Å². The molecule has 2 heteroatoms. The molecule has 82 valence electrons. The second kappa shape index (κ2) is 4.44. The lowest BCUT2D eigenvalue weighted by molar-refractivity contribution is 0.238. The van der Waals surface area contributed by atoms with E-state index in [1.165, 1.54) is 51.6 Å². The zero-order valence-corrected chi connectivity index (χ0v) is 10.2. The zero-order chi connectivity index (χ0) is 10.0. The van der Waals surface area contributed by atoms with Crippen molar-refractivity contribution in [1.82, 2.24) is 4.90 Å². The van der Waals surface area contributed by atoms with Crippen LogP contribution in [0.2, 0.25) is 0 Å². The van der Waals surface area contributed by atoms with Crippen LogP contribution in [0.1, 0.15) is 38.5 Å². The fourth-order valence-electron chi connectivity index (χ4n) is 2.81. The first-order chi connectivity index (χ1) is 6.74. The van der Waals surface area contributed by atoms with Crippen LogP contribution in [0.4, 0.5) is 0 Å². The maximum Gasteiger partial charge on any atom is 0.00429 e. The van der Waals surface area contributed by atoms with Crippen molar-refractivity contribution < 1.29 is 0 Å². The van der Waals surface area contributed by atoms with Gasteiger partial charge < -0.3 is 4.90 Å². The molecule has 0 heterocycles. The summed E-state index contributed by atoms with van der Waals surface area (Å²) in [6.07, 6.45) is 8.69. The molecule has 2 saturated carbocycles. The molecular weight excluding hydrogens is 190 g/mol. The largest absolute Gasteiger partial charge is 0.306 e. The predicted molar refractivity (Wildman–Crippen MR) is 65.0 cm³/mol. The molecule has 0 unspecified atom stereocenters. The van der Waals surface area contributed by atoms with E-state index >= 15 is 0 Å². The van der Waals surface area contributed by atoms with Gasteiger partial charge in [-0.3, -0.25) is 0 Å². The number of hydrogen-bond acceptors (Lipinski definition) is 2. The Bertz CT molecular complexity index is 183. The van der Waals surface area contributed by atoms with E-state index in [-0.39, 0.29) is 0 Å². The van der Waals surface area contributed by atoms with Crippen molar-refractivity contribution in [3.05, 3.63) is 0 Å². The highest BCUT2D eigenvalue weighted by Gasteiger charge is 2.41. The highest BCUT2D eigenvalue weighted by atomic mass is 32.1. The molecule has 0 saturated heterocycles. The molecule has 0 bridgehead atoms. The van der Waals surface area contributed by atoms with E-state index in [0.29, 0.717) is 5.41 Å². The van der Waals surface area contributed by atoms with Gasteiger partial charge in [0, 0.05) is 13.1 Å². The van der Waals surface area contributed by atoms with E-state index in [2.05, 4.69) is 24.6 Å². The standard InChI is InChI=1S/C12H23NS/c1-13(8-11-4-2-3-5-11)9-12(10-14)6-7-12/h11,14H,2-10H2,1H3. The second-order valence-electron chi connectivity index (χ2n) is 5.51. The minimum Gasteiger partial charge on any atom is -0.306 e. The smallest absolute Gasteiger partial charge is 0.00429 e. The average molecular weight is 213 g/mol. The summed E-state index contributed by atoms with van der Waals surface area (Å²) >= 11 is 4.46. The van der Waals surface area contributed by atoms with Gasteiger partial charge in [0.25, 0.3) is 0 Å². The van der Waals surface area contributed by atoms with Crippen LogP contribution in [0.5, 0.6) is 0 Å². The van der Waals surface area contributed by atoms with Crippen LogP contribution in [0.25, 0.3) is 0 Å². The molecule has 2 aliphatic carbocycles. The third-order valence-electron chi connectivity index (χ3n) is 3.94. The van der Waals surface area contributed by atoms with Crippen molar-refractivity contribution in [2.75, 3.05) is 25.9 Å². The van der Waals surface area contributed by atoms with Gasteiger partial charge in [-0.1, -0.05) is 12.8 Å². The fraction of sp³-hybridized carbons (Fsp3) is 1.00. The number of hydrogen-bond donors (Lipinski definition) is 1. The highest BCUT2D eigenvalue weighted by Crippen LogP contribution is 2.47. The first-order valence-electron chi connectivity index (χ1n) is 6.03. The van der Waals surface area contributed by atoms with E-state index in [0.717, 1.165) is 11.7 Å². The van der Waals surface area contributed by atoms with Crippen molar-refractivity contribution >= 4 is 12.6 Å². The minimum absolute atomic E-state index is 0.608. The highest BCUT2D eigenvalue weighted by molar-refractivity contribution is 7.80. The Balaban J connectivity index is 1.70. The molecule has 0 aromatic carbocycles. The lowest BCUT2D eigenvalue weighted by atomic mass is 10.1. The average Bonchev–Trinajstić information content (AvgIpc) is 2.74. The quantitative estimate of drug-likeness (QED) is 0.687. The van der Waals surface area contributed by atoms with Crippen molar-refractivity contribution in [1.29, 1.82) is 0 Å². The maximum absolute atomic E-state index is 4.46. The summed E-state index contributed by atoms with van der Waals surface area (Å²) in [6, 6.07) is 0. The Morgan fingerprint density at radius 1 is 1.29 bits per heavy atom. The third kappa shape index (κ3) is 2.66. The Labute approximate surface area is 93.7 Å². The lowest BCUT2D eigenvalue weighted by Crippen LogP contribution is -2.31. The summed E-state index contributed by atoms with van der Waals surface area (Å²) in [5, 5.41) is 0. The Hall–Kier alpha value is 0.310. The van der Waals surface area contributed by atoms with Gasteiger partial charge >= 0.3 is 0 Å². The molecule has 0 amide bonds. The van der Waals surface area contributed by atoms with Crippen LogP contribution in [0, 0.1) is 11.3 Å². The van der Waals surface area contributed by atoms with Gasteiger partial charge in [-0.05, 0) is 49.8 Å². The minimum atomic E-state index is 0.608. The second-order valence-corrected chi connectivity index (χ2v) is 5.82. The zero-order valence-electron chi connectivity index (χ0n) is 9.34. The van der Waals surface area contributed by atoms with Gasteiger partial charge in [-0.2, -0.15) is 12.6 Å². The molecule has 0 spiro atoms. The van der Waals surface area contributed by atoms with Gasteiger partial charge in [0.05, 0.1) is 0 Å². The summed E-state index contributed by atoms with van der Waals surface area (Å²) in [7, 11) is 2.29. The fourth-order valence-corrected chi connectivity index (χ4v) is 3.23. The van der Waals surface area contributed by atoms with Gasteiger partial charge in [0.1, 0.15) is 0 Å².